The van der Waals surface area contributed by atoms with Crippen LogP contribution in [0.25, 0.3) is 16.6 Å². The number of benzene rings is 2. The summed E-state index contributed by atoms with van der Waals surface area (Å²) in [5.41, 5.74) is -0.138. The SMILES string of the molecule is CN(C)Cc1ccc(-n2cc(C(=O)O)c(=O)c3cc(F)c(F)c(Cl)c32)cc1.Cl. The molecule has 0 bridgehead atoms. The highest BCUT2D eigenvalue weighted by molar-refractivity contribution is 6.35. The number of aromatic nitrogens is 1. The van der Waals surface area contributed by atoms with Crippen molar-refractivity contribution in [2.75, 3.05) is 14.1 Å². The Bertz CT molecular complexity index is 1110. The first kappa shape index (κ1) is 21.8. The van der Waals surface area contributed by atoms with E-state index in [1.807, 2.05) is 31.1 Å². The van der Waals surface area contributed by atoms with E-state index in [0.29, 0.717) is 18.3 Å². The molecule has 2 aromatic carbocycles. The molecule has 0 atom stereocenters. The number of pyridine rings is 1. The van der Waals surface area contributed by atoms with Crippen molar-refractivity contribution in [3.8, 4) is 5.69 Å². The number of nitrogens with zero attached hydrogens (tertiary/aromatic N) is 2. The third kappa shape index (κ3) is 3.87. The van der Waals surface area contributed by atoms with Crippen LogP contribution in [0.2, 0.25) is 5.02 Å². The van der Waals surface area contributed by atoms with Crippen LogP contribution in [0.1, 0.15) is 15.9 Å². The third-order valence-corrected chi connectivity index (χ3v) is 4.41. The van der Waals surface area contributed by atoms with Gasteiger partial charge in [0.2, 0.25) is 5.43 Å². The summed E-state index contributed by atoms with van der Waals surface area (Å²) < 4.78 is 29.1. The van der Waals surface area contributed by atoms with Crippen LogP contribution in [0.3, 0.4) is 0 Å². The third-order valence-electron chi connectivity index (χ3n) is 4.07. The van der Waals surface area contributed by atoms with Crippen molar-refractivity contribution in [3.63, 3.8) is 0 Å². The first-order valence-electron chi connectivity index (χ1n) is 7.91. The van der Waals surface area contributed by atoms with Crippen molar-refractivity contribution in [2.24, 2.45) is 0 Å². The number of aromatic carboxylic acids is 1. The summed E-state index contributed by atoms with van der Waals surface area (Å²) in [5.74, 6) is -4.09. The Morgan fingerprint density at radius 3 is 2.36 bits per heavy atom. The van der Waals surface area contributed by atoms with Gasteiger partial charge in [-0.25, -0.2) is 13.6 Å². The summed E-state index contributed by atoms with van der Waals surface area (Å²) in [5, 5.41) is 8.42. The monoisotopic (exact) mass is 428 g/mol. The number of carboxylic acids is 1. The quantitative estimate of drug-likeness (QED) is 0.635. The lowest BCUT2D eigenvalue weighted by Gasteiger charge is -2.15. The lowest BCUT2D eigenvalue weighted by atomic mass is 10.1. The van der Waals surface area contributed by atoms with Crippen molar-refractivity contribution in [3.05, 3.63) is 74.5 Å². The Labute approximate surface area is 170 Å². The van der Waals surface area contributed by atoms with Crippen molar-refractivity contribution < 1.29 is 18.7 Å². The van der Waals surface area contributed by atoms with Crippen molar-refractivity contribution in [1.82, 2.24) is 9.47 Å². The molecule has 0 spiro atoms. The van der Waals surface area contributed by atoms with Gasteiger partial charge in [-0.15, -0.1) is 12.4 Å². The molecular weight excluding hydrogens is 413 g/mol. The molecule has 1 heterocycles. The lowest BCUT2D eigenvalue weighted by molar-refractivity contribution is 0.0695. The van der Waals surface area contributed by atoms with Crippen molar-refractivity contribution in [1.29, 1.82) is 0 Å². The van der Waals surface area contributed by atoms with Gasteiger partial charge in [0.05, 0.1) is 10.9 Å². The summed E-state index contributed by atoms with van der Waals surface area (Å²) >= 11 is 5.96. The van der Waals surface area contributed by atoms with E-state index >= 15 is 0 Å². The average Bonchev–Trinajstić information content (AvgIpc) is 2.60. The molecule has 3 rings (SSSR count). The zero-order chi connectivity index (χ0) is 19.9. The molecule has 0 saturated heterocycles. The van der Waals surface area contributed by atoms with E-state index in [4.69, 9.17) is 11.6 Å². The Hall–Kier alpha value is -2.48. The van der Waals surface area contributed by atoms with Crippen LogP contribution in [0.4, 0.5) is 8.78 Å². The summed E-state index contributed by atoms with van der Waals surface area (Å²) in [6, 6.07) is 7.67. The molecule has 5 nitrogen and oxygen atoms in total. The molecule has 0 fully saturated rings. The number of halogens is 4. The smallest absolute Gasteiger partial charge is 0.341 e. The minimum atomic E-state index is -1.47. The zero-order valence-corrected chi connectivity index (χ0v) is 16.4. The number of carbonyl (C=O) groups is 1. The second kappa shape index (κ2) is 8.26. The maximum atomic E-state index is 14.0. The van der Waals surface area contributed by atoms with E-state index in [1.54, 1.807) is 12.1 Å². The van der Waals surface area contributed by atoms with Gasteiger partial charge in [0.15, 0.2) is 11.6 Å². The summed E-state index contributed by atoms with van der Waals surface area (Å²) in [7, 11) is 3.83. The lowest BCUT2D eigenvalue weighted by Crippen LogP contribution is -2.19. The molecular formula is C19H16Cl2F2N2O3. The van der Waals surface area contributed by atoms with Gasteiger partial charge in [0.1, 0.15) is 10.6 Å². The summed E-state index contributed by atoms with van der Waals surface area (Å²) in [4.78, 5) is 25.8. The summed E-state index contributed by atoms with van der Waals surface area (Å²) in [6.45, 7) is 0.687. The fourth-order valence-corrected chi connectivity index (χ4v) is 3.16. The molecule has 0 saturated carbocycles. The maximum absolute atomic E-state index is 14.0. The standard InChI is InChI=1S/C19H15ClF2N2O3.ClH/c1-23(2)8-10-3-5-11(6-4-10)24-9-13(19(26)27)18(25)12-7-14(21)16(22)15(20)17(12)24;/h3-7,9H,8H2,1-2H3,(H,26,27);1H. The van der Waals surface area contributed by atoms with Crippen LogP contribution < -0.4 is 5.43 Å². The first-order chi connectivity index (χ1) is 12.7. The second-order valence-electron chi connectivity index (χ2n) is 6.33. The number of carboxylic acid groups (broad SMARTS) is 1. The zero-order valence-electron chi connectivity index (χ0n) is 14.9. The molecule has 0 unspecified atom stereocenters. The van der Waals surface area contributed by atoms with E-state index in [0.717, 1.165) is 11.8 Å². The van der Waals surface area contributed by atoms with Crippen LogP contribution in [-0.4, -0.2) is 34.6 Å². The Morgan fingerprint density at radius 2 is 1.82 bits per heavy atom. The van der Waals surface area contributed by atoms with Crippen LogP contribution in [0, 0.1) is 11.6 Å². The molecule has 1 aromatic heterocycles. The predicted molar refractivity (Wildman–Crippen MR) is 106 cm³/mol. The highest BCUT2D eigenvalue weighted by atomic mass is 35.5. The molecule has 0 aliphatic heterocycles. The van der Waals surface area contributed by atoms with E-state index < -0.39 is 33.6 Å². The van der Waals surface area contributed by atoms with Gasteiger partial charge in [-0.3, -0.25) is 4.79 Å². The fraction of sp³-hybridized carbons (Fsp3) is 0.158. The van der Waals surface area contributed by atoms with Crippen LogP contribution in [0.15, 0.2) is 41.3 Å². The van der Waals surface area contributed by atoms with Crippen molar-refractivity contribution >= 4 is 40.9 Å². The molecule has 0 aliphatic rings. The van der Waals surface area contributed by atoms with Crippen LogP contribution >= 0.6 is 24.0 Å². The van der Waals surface area contributed by atoms with Gasteiger partial charge in [-0.1, -0.05) is 23.7 Å². The van der Waals surface area contributed by atoms with E-state index in [2.05, 4.69) is 0 Å². The van der Waals surface area contributed by atoms with E-state index in [9.17, 15) is 23.5 Å². The molecule has 0 radical (unpaired) electrons. The largest absolute Gasteiger partial charge is 0.477 e. The first-order valence-corrected chi connectivity index (χ1v) is 8.28. The number of hydrogen-bond donors (Lipinski definition) is 1. The maximum Gasteiger partial charge on any atom is 0.341 e. The molecule has 1 N–H and O–H groups in total. The highest BCUT2D eigenvalue weighted by Gasteiger charge is 2.21. The normalized spacial score (nSPS) is 10.9. The van der Waals surface area contributed by atoms with Gasteiger partial charge in [-0.2, -0.15) is 0 Å². The number of fused-ring (bicyclic) bond motifs is 1. The Kier molecular flexibility index (Phi) is 6.44. The fourth-order valence-electron chi connectivity index (χ4n) is 2.87. The van der Waals surface area contributed by atoms with Gasteiger partial charge < -0.3 is 14.6 Å². The highest BCUT2D eigenvalue weighted by Crippen LogP contribution is 2.29. The van der Waals surface area contributed by atoms with Gasteiger partial charge in [-0.05, 0) is 37.9 Å². The number of hydrogen-bond acceptors (Lipinski definition) is 3. The molecule has 3 aromatic rings. The van der Waals surface area contributed by atoms with Crippen molar-refractivity contribution in [2.45, 2.75) is 6.54 Å². The predicted octanol–water partition coefficient (Wildman–Crippen LogP) is 4.10. The molecule has 9 heteroatoms. The van der Waals surface area contributed by atoms with Gasteiger partial charge in [0, 0.05) is 18.4 Å². The topological polar surface area (TPSA) is 62.5 Å². The second-order valence-corrected chi connectivity index (χ2v) is 6.71. The molecule has 0 amide bonds. The minimum absolute atomic E-state index is 0. The van der Waals surface area contributed by atoms with Gasteiger partial charge in [0.25, 0.3) is 0 Å². The Morgan fingerprint density at radius 1 is 1.21 bits per heavy atom. The van der Waals surface area contributed by atoms with E-state index in [-0.39, 0.29) is 23.3 Å². The molecule has 28 heavy (non-hydrogen) atoms. The molecule has 148 valence electrons. The summed E-state index contributed by atoms with van der Waals surface area (Å²) in [6.07, 6.45) is 1.07. The minimum Gasteiger partial charge on any atom is -0.477 e. The molecule has 0 aliphatic carbocycles. The Balaban J connectivity index is 0.00000280. The van der Waals surface area contributed by atoms with Crippen LogP contribution in [0.5, 0.6) is 0 Å². The average molecular weight is 429 g/mol. The number of rotatable bonds is 4. The van der Waals surface area contributed by atoms with Gasteiger partial charge >= 0.3 is 5.97 Å². The van der Waals surface area contributed by atoms with Crippen LogP contribution in [-0.2, 0) is 6.54 Å². The van der Waals surface area contributed by atoms with E-state index in [1.165, 1.54) is 4.57 Å².